The maximum atomic E-state index is 12.0. The molecule has 0 N–H and O–H groups in total. The first-order valence-electron chi connectivity index (χ1n) is 12.5. The van der Waals surface area contributed by atoms with Crippen molar-refractivity contribution in [3.63, 3.8) is 0 Å². The molecule has 0 bridgehead atoms. The van der Waals surface area contributed by atoms with Crippen molar-refractivity contribution >= 4 is 21.9 Å². The number of hydrogen-bond donors (Lipinski definition) is 0. The number of hydrogen-bond acceptors (Lipinski definition) is 9. The fourth-order valence-corrected chi connectivity index (χ4v) is 2.96. The van der Waals surface area contributed by atoms with Crippen LogP contribution in [0.4, 0.5) is 0 Å². The molecule has 1 unspecified atom stereocenters. The summed E-state index contributed by atoms with van der Waals surface area (Å²) in [5.41, 5.74) is 0. The minimum atomic E-state index is -0.114. The first-order valence-corrected chi connectivity index (χ1v) is 13.6. The van der Waals surface area contributed by atoms with Crippen molar-refractivity contribution in [3.8, 4) is 0 Å². The molecule has 10 heteroatoms. The molecule has 0 heterocycles. The molecule has 9 nitrogen and oxygen atoms in total. The van der Waals surface area contributed by atoms with Crippen LogP contribution in [0.1, 0.15) is 39.5 Å². The molecule has 0 spiro atoms. The van der Waals surface area contributed by atoms with Crippen LogP contribution >= 0.6 is 15.9 Å². The second-order valence-corrected chi connectivity index (χ2v) is 8.18. The van der Waals surface area contributed by atoms with Crippen LogP contribution in [0.25, 0.3) is 0 Å². The van der Waals surface area contributed by atoms with E-state index in [0.717, 1.165) is 31.0 Å². The number of rotatable bonds is 28. The van der Waals surface area contributed by atoms with E-state index in [1.807, 2.05) is 6.92 Å². The third-order valence-corrected chi connectivity index (χ3v) is 4.98. The van der Waals surface area contributed by atoms with Gasteiger partial charge < -0.3 is 37.9 Å². The van der Waals surface area contributed by atoms with E-state index in [1.54, 1.807) is 0 Å². The van der Waals surface area contributed by atoms with E-state index < -0.39 is 0 Å². The van der Waals surface area contributed by atoms with Crippen LogP contribution in [0.5, 0.6) is 0 Å². The smallest absolute Gasteiger partial charge is 0.308 e. The van der Waals surface area contributed by atoms with E-state index in [2.05, 4.69) is 22.9 Å². The summed E-state index contributed by atoms with van der Waals surface area (Å²) in [6.45, 7) is 11.8. The van der Waals surface area contributed by atoms with Crippen LogP contribution < -0.4 is 0 Å². The average Bonchev–Trinajstić information content (AvgIpc) is 2.85. The number of unbranched alkanes of at least 4 members (excludes halogenated alkanes) is 1. The molecule has 0 saturated carbocycles. The molecule has 0 aliphatic rings. The zero-order valence-electron chi connectivity index (χ0n) is 21.3. The molecular weight excluding hydrogens is 512 g/mol. The number of ether oxygens (including phenoxy) is 8. The van der Waals surface area contributed by atoms with Crippen LogP contribution in [0.2, 0.25) is 0 Å². The molecule has 0 radical (unpaired) electrons. The second kappa shape index (κ2) is 28.9. The zero-order valence-corrected chi connectivity index (χ0v) is 22.9. The molecule has 0 aromatic rings. The third-order valence-electron chi connectivity index (χ3n) is 4.66. The molecule has 0 fully saturated rings. The lowest BCUT2D eigenvalue weighted by molar-refractivity contribution is -0.150. The van der Waals surface area contributed by atoms with Crippen LogP contribution in [0.15, 0.2) is 0 Å². The monoisotopic (exact) mass is 558 g/mol. The summed E-state index contributed by atoms with van der Waals surface area (Å²) in [5.74, 6) is -0.107. The van der Waals surface area contributed by atoms with Gasteiger partial charge in [0, 0.05) is 5.33 Å². The van der Waals surface area contributed by atoms with Gasteiger partial charge in [-0.25, -0.2) is 0 Å². The molecule has 0 aliphatic heterocycles. The topological polar surface area (TPSA) is 90.9 Å². The largest absolute Gasteiger partial charge is 0.463 e. The summed E-state index contributed by atoms with van der Waals surface area (Å²) in [6.07, 6.45) is 3.86. The van der Waals surface area contributed by atoms with Crippen molar-refractivity contribution in [2.45, 2.75) is 39.5 Å². The van der Waals surface area contributed by atoms with Crippen LogP contribution in [0.3, 0.4) is 0 Å². The molecular formula is C24H47BrO9. The lowest BCUT2D eigenvalue weighted by Gasteiger charge is -2.13. The first-order chi connectivity index (χ1) is 16.8. The van der Waals surface area contributed by atoms with Gasteiger partial charge in [0.1, 0.15) is 6.61 Å². The van der Waals surface area contributed by atoms with Crippen molar-refractivity contribution in [1.29, 1.82) is 0 Å². The minimum Gasteiger partial charge on any atom is -0.463 e. The summed E-state index contributed by atoms with van der Waals surface area (Å²) in [5, 5.41) is 0.839. The lowest BCUT2D eigenvalue weighted by Crippen LogP contribution is -2.20. The number of halogens is 1. The van der Waals surface area contributed by atoms with Crippen LogP contribution in [0, 0.1) is 5.92 Å². The van der Waals surface area contributed by atoms with Gasteiger partial charge in [0.25, 0.3) is 0 Å². The van der Waals surface area contributed by atoms with E-state index in [1.165, 1.54) is 0 Å². The average molecular weight is 560 g/mol. The standard InChI is InChI=1S/C24H47BrO9/c1-3-5-6-23(4-2)24(26)34-22-21-33-20-19-32-18-17-31-16-15-30-14-13-29-12-11-28-10-9-27-8-7-25/h23H,3-22H2,1-2H3. The number of esters is 1. The number of alkyl halides is 1. The quantitative estimate of drug-likeness (QED) is 0.0814. The molecule has 0 aliphatic carbocycles. The highest BCUT2D eigenvalue weighted by atomic mass is 79.9. The van der Waals surface area contributed by atoms with E-state index in [4.69, 9.17) is 37.9 Å². The Hall–Kier alpha value is -0.330. The molecule has 34 heavy (non-hydrogen) atoms. The Morgan fingerprint density at radius 3 is 1.26 bits per heavy atom. The Morgan fingerprint density at radius 1 is 0.588 bits per heavy atom. The molecule has 0 aromatic carbocycles. The third kappa shape index (κ3) is 24.8. The van der Waals surface area contributed by atoms with Crippen molar-refractivity contribution in [2.75, 3.05) is 104 Å². The minimum absolute atomic E-state index is 0.00646. The van der Waals surface area contributed by atoms with Gasteiger partial charge in [-0.2, -0.15) is 0 Å². The predicted molar refractivity (Wildman–Crippen MR) is 134 cm³/mol. The van der Waals surface area contributed by atoms with E-state index in [0.29, 0.717) is 92.5 Å². The van der Waals surface area contributed by atoms with Crippen molar-refractivity contribution in [1.82, 2.24) is 0 Å². The molecule has 204 valence electrons. The fraction of sp³-hybridized carbons (Fsp3) is 0.958. The molecule has 0 rings (SSSR count). The van der Waals surface area contributed by atoms with Crippen molar-refractivity contribution < 1.29 is 42.7 Å². The van der Waals surface area contributed by atoms with E-state index in [-0.39, 0.29) is 18.5 Å². The molecule has 1 atom stereocenters. The molecule has 0 aromatic heterocycles. The Kier molecular flexibility index (Phi) is 28.6. The van der Waals surface area contributed by atoms with E-state index in [9.17, 15) is 4.79 Å². The van der Waals surface area contributed by atoms with Gasteiger partial charge in [0.15, 0.2) is 0 Å². The van der Waals surface area contributed by atoms with Crippen LogP contribution in [-0.2, 0) is 42.7 Å². The summed E-state index contributed by atoms with van der Waals surface area (Å²) < 4.78 is 43.1. The maximum absolute atomic E-state index is 12.0. The predicted octanol–water partition coefficient (Wildman–Crippen LogP) is 3.26. The van der Waals surface area contributed by atoms with Crippen molar-refractivity contribution in [2.24, 2.45) is 5.92 Å². The van der Waals surface area contributed by atoms with Crippen LogP contribution in [-0.4, -0.2) is 110 Å². The van der Waals surface area contributed by atoms with Gasteiger partial charge in [-0.1, -0.05) is 42.6 Å². The second-order valence-electron chi connectivity index (χ2n) is 7.39. The van der Waals surface area contributed by atoms with Crippen molar-refractivity contribution in [3.05, 3.63) is 0 Å². The Labute approximate surface area is 214 Å². The summed E-state index contributed by atoms with van der Waals surface area (Å²) in [7, 11) is 0. The highest BCUT2D eigenvalue weighted by Crippen LogP contribution is 2.14. The van der Waals surface area contributed by atoms with Gasteiger partial charge in [-0.3, -0.25) is 4.79 Å². The Bertz CT molecular complexity index is 416. The van der Waals surface area contributed by atoms with Gasteiger partial charge >= 0.3 is 5.97 Å². The summed E-state index contributed by atoms with van der Waals surface area (Å²) in [6, 6.07) is 0. The number of carbonyl (C=O) groups is 1. The Balaban J connectivity index is 3.18. The SMILES string of the molecule is CCCCC(CC)C(=O)OCCOCCOCCOCCOCCOCCOCCOCCBr. The first kappa shape index (κ1) is 33.7. The van der Waals surface area contributed by atoms with Gasteiger partial charge in [0.05, 0.1) is 98.4 Å². The summed E-state index contributed by atoms with van der Waals surface area (Å²) >= 11 is 3.29. The van der Waals surface area contributed by atoms with Gasteiger partial charge in [0.2, 0.25) is 0 Å². The summed E-state index contributed by atoms with van der Waals surface area (Å²) in [4.78, 5) is 12.0. The highest BCUT2D eigenvalue weighted by Gasteiger charge is 2.16. The number of carbonyl (C=O) groups excluding carboxylic acids is 1. The normalized spacial score (nSPS) is 12.2. The fourth-order valence-electron chi connectivity index (χ4n) is 2.73. The Morgan fingerprint density at radius 2 is 0.941 bits per heavy atom. The zero-order chi connectivity index (χ0) is 25.0. The maximum Gasteiger partial charge on any atom is 0.308 e. The lowest BCUT2D eigenvalue weighted by atomic mass is 10.00. The molecule has 0 saturated heterocycles. The van der Waals surface area contributed by atoms with Gasteiger partial charge in [-0.05, 0) is 12.8 Å². The van der Waals surface area contributed by atoms with Gasteiger partial charge in [-0.15, -0.1) is 0 Å². The van der Waals surface area contributed by atoms with E-state index >= 15 is 0 Å². The molecule has 0 amide bonds. The highest BCUT2D eigenvalue weighted by molar-refractivity contribution is 9.09.